The lowest BCUT2D eigenvalue weighted by Crippen LogP contribution is -2.32. The van der Waals surface area contributed by atoms with Crippen LogP contribution in [-0.2, 0) is 4.74 Å². The molecule has 1 rings (SSSR count). The summed E-state index contributed by atoms with van der Waals surface area (Å²) in [5.74, 6) is 0. The third-order valence-corrected chi connectivity index (χ3v) is 1.03. The van der Waals surface area contributed by atoms with Crippen LogP contribution in [0, 0.1) is 0 Å². The van der Waals surface area contributed by atoms with Gasteiger partial charge >= 0.3 is 0 Å². The van der Waals surface area contributed by atoms with Crippen LogP contribution in [0.25, 0.3) is 0 Å². The molecule has 46 valence electrons. The first-order valence-corrected chi connectivity index (χ1v) is 2.67. The fraction of sp³-hybridized carbons (Fsp3) is 0.600. The van der Waals surface area contributed by atoms with Gasteiger partial charge in [-0.1, -0.05) is 0 Å². The molecule has 0 fully saturated rings. The second-order valence-corrected chi connectivity index (χ2v) is 1.64. The molecule has 1 unspecified atom stereocenters. The molecule has 0 aromatic heterocycles. The molecule has 0 amide bonds. The quantitative estimate of drug-likeness (QED) is 0.487. The van der Waals surface area contributed by atoms with Crippen LogP contribution < -0.4 is 11.1 Å². The SMILES string of the molecule is NCNC1CC=CO1. The second-order valence-electron chi connectivity index (χ2n) is 1.64. The normalized spacial score (nSPS) is 25.9. The third kappa shape index (κ3) is 1.21. The Morgan fingerprint density at radius 1 is 1.88 bits per heavy atom. The maximum Gasteiger partial charge on any atom is 0.153 e. The molecule has 1 aliphatic heterocycles. The van der Waals surface area contributed by atoms with Crippen molar-refractivity contribution in [2.45, 2.75) is 12.6 Å². The van der Waals surface area contributed by atoms with Crippen molar-refractivity contribution >= 4 is 0 Å². The largest absolute Gasteiger partial charge is 0.483 e. The fourth-order valence-electron chi connectivity index (χ4n) is 0.648. The van der Waals surface area contributed by atoms with Gasteiger partial charge in [0.1, 0.15) is 0 Å². The van der Waals surface area contributed by atoms with Crippen molar-refractivity contribution in [3.05, 3.63) is 12.3 Å². The maximum atomic E-state index is 5.19. The van der Waals surface area contributed by atoms with Gasteiger partial charge in [-0.2, -0.15) is 0 Å². The van der Waals surface area contributed by atoms with Crippen molar-refractivity contribution in [1.29, 1.82) is 0 Å². The molecule has 3 N–H and O–H groups in total. The highest BCUT2D eigenvalue weighted by molar-refractivity contribution is 4.84. The summed E-state index contributed by atoms with van der Waals surface area (Å²) in [6.07, 6.45) is 4.71. The summed E-state index contributed by atoms with van der Waals surface area (Å²) in [6, 6.07) is 0. The fourth-order valence-corrected chi connectivity index (χ4v) is 0.648. The van der Waals surface area contributed by atoms with Crippen LogP contribution in [0.15, 0.2) is 12.3 Å². The molecule has 1 heterocycles. The minimum atomic E-state index is 0.125. The van der Waals surface area contributed by atoms with Crippen molar-refractivity contribution in [3.63, 3.8) is 0 Å². The molecule has 0 aliphatic carbocycles. The Morgan fingerprint density at radius 2 is 2.75 bits per heavy atom. The molecular formula is C5H10N2O. The Hall–Kier alpha value is -0.540. The van der Waals surface area contributed by atoms with Crippen molar-refractivity contribution in [2.24, 2.45) is 5.73 Å². The lowest BCUT2D eigenvalue weighted by atomic mass is 10.4. The van der Waals surface area contributed by atoms with Gasteiger partial charge in [0, 0.05) is 13.1 Å². The van der Waals surface area contributed by atoms with Crippen molar-refractivity contribution in [1.82, 2.24) is 5.32 Å². The van der Waals surface area contributed by atoms with Gasteiger partial charge in [0.2, 0.25) is 0 Å². The number of rotatable bonds is 2. The van der Waals surface area contributed by atoms with Gasteiger partial charge in [-0.15, -0.1) is 0 Å². The van der Waals surface area contributed by atoms with E-state index in [4.69, 9.17) is 10.5 Å². The van der Waals surface area contributed by atoms with Gasteiger partial charge < -0.3 is 10.5 Å². The summed E-state index contributed by atoms with van der Waals surface area (Å²) < 4.78 is 5.02. The van der Waals surface area contributed by atoms with Gasteiger partial charge in [0.15, 0.2) is 6.23 Å². The standard InChI is InChI=1S/C5H10N2O/c6-4-7-5-2-1-3-8-5/h1,3,5,7H,2,4,6H2. The van der Waals surface area contributed by atoms with Gasteiger partial charge in [0.05, 0.1) is 6.26 Å². The molecule has 0 radical (unpaired) electrons. The van der Waals surface area contributed by atoms with Crippen LogP contribution in [0.4, 0.5) is 0 Å². The molecule has 1 atom stereocenters. The van der Waals surface area contributed by atoms with Crippen LogP contribution in [0.5, 0.6) is 0 Å². The van der Waals surface area contributed by atoms with E-state index in [1.165, 1.54) is 0 Å². The minimum Gasteiger partial charge on any atom is -0.483 e. The molecule has 3 nitrogen and oxygen atoms in total. The molecule has 0 bridgehead atoms. The zero-order chi connectivity index (χ0) is 5.82. The molecule has 0 aromatic rings. The summed E-state index contributed by atoms with van der Waals surface area (Å²) in [4.78, 5) is 0. The van der Waals surface area contributed by atoms with E-state index in [1.807, 2.05) is 6.08 Å². The van der Waals surface area contributed by atoms with Gasteiger partial charge in [-0.25, -0.2) is 0 Å². The second kappa shape index (κ2) is 2.69. The highest BCUT2D eigenvalue weighted by atomic mass is 16.5. The third-order valence-electron chi connectivity index (χ3n) is 1.03. The van der Waals surface area contributed by atoms with Gasteiger partial charge in [-0.3, -0.25) is 5.32 Å². The molecule has 8 heavy (non-hydrogen) atoms. The minimum absolute atomic E-state index is 0.125. The van der Waals surface area contributed by atoms with Crippen LogP contribution in [0.1, 0.15) is 6.42 Å². The van der Waals surface area contributed by atoms with Crippen molar-refractivity contribution in [2.75, 3.05) is 6.67 Å². The summed E-state index contributed by atoms with van der Waals surface area (Å²) in [6.45, 7) is 0.479. The van der Waals surface area contributed by atoms with E-state index >= 15 is 0 Å². The Kier molecular flexibility index (Phi) is 1.88. The Labute approximate surface area is 48.5 Å². The lowest BCUT2D eigenvalue weighted by molar-refractivity contribution is 0.137. The molecular weight excluding hydrogens is 104 g/mol. The smallest absolute Gasteiger partial charge is 0.153 e. The zero-order valence-corrected chi connectivity index (χ0v) is 4.63. The average molecular weight is 114 g/mol. The highest BCUT2D eigenvalue weighted by Crippen LogP contribution is 2.03. The molecule has 0 saturated carbocycles. The Morgan fingerprint density at radius 3 is 3.25 bits per heavy atom. The Balaban J connectivity index is 2.10. The maximum absolute atomic E-state index is 5.19. The topological polar surface area (TPSA) is 47.3 Å². The van der Waals surface area contributed by atoms with Crippen LogP contribution in [0.2, 0.25) is 0 Å². The predicted molar refractivity (Wildman–Crippen MR) is 30.8 cm³/mol. The summed E-state index contributed by atoms with van der Waals surface area (Å²) in [7, 11) is 0. The predicted octanol–water partition coefficient (Wildman–Crippen LogP) is -0.248. The summed E-state index contributed by atoms with van der Waals surface area (Å²) in [5.41, 5.74) is 5.19. The first-order chi connectivity index (χ1) is 3.93. The van der Waals surface area contributed by atoms with E-state index < -0.39 is 0 Å². The van der Waals surface area contributed by atoms with Crippen molar-refractivity contribution < 1.29 is 4.74 Å². The number of ether oxygens (including phenoxy) is 1. The summed E-state index contributed by atoms with van der Waals surface area (Å²) >= 11 is 0. The van der Waals surface area contributed by atoms with Gasteiger partial charge in [0.25, 0.3) is 0 Å². The number of nitrogens with one attached hydrogen (secondary N) is 1. The summed E-state index contributed by atoms with van der Waals surface area (Å²) in [5, 5.41) is 2.94. The number of hydrogen-bond acceptors (Lipinski definition) is 3. The Bertz CT molecular complexity index is 84.4. The molecule has 3 heteroatoms. The molecule has 1 aliphatic rings. The average Bonchev–Trinajstić information content (AvgIpc) is 2.19. The number of hydrogen-bond donors (Lipinski definition) is 2. The first kappa shape index (κ1) is 5.59. The zero-order valence-electron chi connectivity index (χ0n) is 4.63. The van der Waals surface area contributed by atoms with E-state index in [9.17, 15) is 0 Å². The van der Waals surface area contributed by atoms with Crippen LogP contribution in [-0.4, -0.2) is 12.9 Å². The van der Waals surface area contributed by atoms with E-state index in [2.05, 4.69) is 5.32 Å². The highest BCUT2D eigenvalue weighted by Gasteiger charge is 2.06. The van der Waals surface area contributed by atoms with Crippen LogP contribution in [0.3, 0.4) is 0 Å². The van der Waals surface area contributed by atoms with E-state index in [0.717, 1.165) is 6.42 Å². The molecule has 0 aromatic carbocycles. The van der Waals surface area contributed by atoms with E-state index in [1.54, 1.807) is 6.26 Å². The van der Waals surface area contributed by atoms with Crippen molar-refractivity contribution in [3.8, 4) is 0 Å². The first-order valence-electron chi connectivity index (χ1n) is 2.67. The molecule has 0 saturated heterocycles. The van der Waals surface area contributed by atoms with E-state index in [0.29, 0.717) is 6.67 Å². The van der Waals surface area contributed by atoms with Crippen LogP contribution >= 0.6 is 0 Å². The molecule has 0 spiro atoms. The van der Waals surface area contributed by atoms with E-state index in [-0.39, 0.29) is 6.23 Å². The lowest BCUT2D eigenvalue weighted by Gasteiger charge is -2.08. The van der Waals surface area contributed by atoms with Gasteiger partial charge in [-0.05, 0) is 6.08 Å². The number of nitrogens with two attached hydrogens (primary N) is 1. The monoisotopic (exact) mass is 114 g/mol.